The van der Waals surface area contributed by atoms with Gasteiger partial charge in [-0.25, -0.2) is 0 Å². The van der Waals surface area contributed by atoms with Gasteiger partial charge in [0.1, 0.15) is 12.2 Å². The van der Waals surface area contributed by atoms with E-state index in [4.69, 9.17) is 0 Å². The van der Waals surface area contributed by atoms with E-state index < -0.39 is 0 Å². The van der Waals surface area contributed by atoms with Crippen LogP contribution in [0.2, 0.25) is 0 Å². The zero-order valence-electron chi connectivity index (χ0n) is 8.40. The number of hydrogen-bond donors (Lipinski definition) is 0. The Morgan fingerprint density at radius 1 is 1.54 bits per heavy atom. The Morgan fingerprint density at radius 2 is 2.31 bits per heavy atom. The highest BCUT2D eigenvalue weighted by Gasteiger charge is 2.24. The molecule has 0 atom stereocenters. The number of hydrogen-bond acceptors (Lipinski definition) is 2. The standard InChI is InChI=1S/C10H17N3/c1-8(2)6-13-7-11-12-10(13)9-4-3-5-9/h7-9H,3-6H2,1-2H3. The van der Waals surface area contributed by atoms with Crippen molar-refractivity contribution in [2.45, 2.75) is 45.6 Å². The van der Waals surface area contributed by atoms with Gasteiger partial charge in [-0.1, -0.05) is 20.3 Å². The molecule has 0 amide bonds. The molecule has 0 spiro atoms. The van der Waals surface area contributed by atoms with Crippen molar-refractivity contribution in [3.05, 3.63) is 12.2 Å². The van der Waals surface area contributed by atoms with E-state index in [1.165, 1.54) is 25.1 Å². The van der Waals surface area contributed by atoms with E-state index in [2.05, 4.69) is 28.6 Å². The average molecular weight is 179 g/mol. The van der Waals surface area contributed by atoms with Gasteiger partial charge in [-0.15, -0.1) is 10.2 Å². The van der Waals surface area contributed by atoms with Crippen molar-refractivity contribution in [3.63, 3.8) is 0 Å². The first-order valence-corrected chi connectivity index (χ1v) is 5.15. The molecule has 0 bridgehead atoms. The smallest absolute Gasteiger partial charge is 0.135 e. The first-order valence-electron chi connectivity index (χ1n) is 5.15. The van der Waals surface area contributed by atoms with Gasteiger partial charge in [0.05, 0.1) is 0 Å². The average Bonchev–Trinajstić information content (AvgIpc) is 2.32. The van der Waals surface area contributed by atoms with Gasteiger partial charge < -0.3 is 4.57 Å². The van der Waals surface area contributed by atoms with E-state index in [0.717, 1.165) is 6.54 Å². The fourth-order valence-electron chi connectivity index (χ4n) is 1.78. The van der Waals surface area contributed by atoms with Crippen LogP contribution in [-0.2, 0) is 6.54 Å². The first-order chi connectivity index (χ1) is 6.27. The highest BCUT2D eigenvalue weighted by molar-refractivity contribution is 5.00. The van der Waals surface area contributed by atoms with Gasteiger partial charge in [-0.05, 0) is 18.8 Å². The molecule has 0 saturated heterocycles. The Hall–Kier alpha value is -0.860. The molecule has 0 unspecified atom stereocenters. The highest BCUT2D eigenvalue weighted by Crippen LogP contribution is 2.35. The van der Waals surface area contributed by atoms with Crippen LogP contribution >= 0.6 is 0 Å². The van der Waals surface area contributed by atoms with Crippen molar-refractivity contribution in [3.8, 4) is 0 Å². The lowest BCUT2D eigenvalue weighted by Crippen LogP contribution is -2.16. The second-order valence-corrected chi connectivity index (χ2v) is 4.36. The molecule has 1 aromatic heterocycles. The third-order valence-electron chi connectivity index (χ3n) is 2.68. The predicted octanol–water partition coefficient (Wildman–Crippen LogP) is 2.20. The minimum absolute atomic E-state index is 0.676. The Bertz CT molecular complexity index is 273. The van der Waals surface area contributed by atoms with Gasteiger partial charge in [0, 0.05) is 12.5 Å². The normalized spacial score (nSPS) is 17.8. The lowest BCUT2D eigenvalue weighted by molar-refractivity contribution is 0.376. The molecule has 3 nitrogen and oxygen atoms in total. The molecular weight excluding hydrogens is 162 g/mol. The number of nitrogens with zero attached hydrogens (tertiary/aromatic N) is 3. The molecule has 1 aliphatic rings. The molecule has 0 radical (unpaired) electrons. The molecule has 0 aliphatic heterocycles. The third-order valence-corrected chi connectivity index (χ3v) is 2.68. The highest BCUT2D eigenvalue weighted by atomic mass is 15.3. The van der Waals surface area contributed by atoms with Gasteiger partial charge in [0.2, 0.25) is 0 Å². The second kappa shape index (κ2) is 3.48. The molecule has 13 heavy (non-hydrogen) atoms. The molecule has 1 aliphatic carbocycles. The number of rotatable bonds is 3. The summed E-state index contributed by atoms with van der Waals surface area (Å²) in [6.07, 6.45) is 5.83. The fraction of sp³-hybridized carbons (Fsp3) is 0.800. The topological polar surface area (TPSA) is 30.7 Å². The van der Waals surface area contributed by atoms with Gasteiger partial charge in [0.25, 0.3) is 0 Å². The Kier molecular flexibility index (Phi) is 2.34. The summed E-state index contributed by atoms with van der Waals surface area (Å²) in [6.45, 7) is 5.51. The van der Waals surface area contributed by atoms with Crippen molar-refractivity contribution >= 4 is 0 Å². The third kappa shape index (κ3) is 1.74. The summed E-state index contributed by atoms with van der Waals surface area (Å²) >= 11 is 0. The Balaban J connectivity index is 2.10. The minimum atomic E-state index is 0.676. The van der Waals surface area contributed by atoms with E-state index in [1.807, 2.05) is 6.33 Å². The SMILES string of the molecule is CC(C)Cn1cnnc1C1CCC1. The monoisotopic (exact) mass is 179 g/mol. The Labute approximate surface area is 79.2 Å². The predicted molar refractivity (Wildman–Crippen MR) is 51.5 cm³/mol. The fourth-order valence-corrected chi connectivity index (χ4v) is 1.78. The molecule has 0 N–H and O–H groups in total. The van der Waals surface area contributed by atoms with E-state index in [-0.39, 0.29) is 0 Å². The summed E-state index contributed by atoms with van der Waals surface area (Å²) in [4.78, 5) is 0. The summed E-state index contributed by atoms with van der Waals surface area (Å²) < 4.78 is 2.22. The molecule has 1 heterocycles. The van der Waals surface area contributed by atoms with E-state index >= 15 is 0 Å². The van der Waals surface area contributed by atoms with Gasteiger partial charge in [-0.2, -0.15) is 0 Å². The molecule has 72 valence electrons. The zero-order valence-corrected chi connectivity index (χ0v) is 8.40. The van der Waals surface area contributed by atoms with E-state index in [0.29, 0.717) is 11.8 Å². The molecule has 2 rings (SSSR count). The van der Waals surface area contributed by atoms with Gasteiger partial charge in [0.15, 0.2) is 0 Å². The van der Waals surface area contributed by atoms with Crippen LogP contribution in [0.15, 0.2) is 6.33 Å². The van der Waals surface area contributed by atoms with Crippen molar-refractivity contribution in [2.75, 3.05) is 0 Å². The van der Waals surface area contributed by atoms with Crippen LogP contribution in [0.4, 0.5) is 0 Å². The van der Waals surface area contributed by atoms with Crippen LogP contribution in [0.1, 0.15) is 44.9 Å². The van der Waals surface area contributed by atoms with Crippen LogP contribution in [-0.4, -0.2) is 14.8 Å². The van der Waals surface area contributed by atoms with Crippen LogP contribution in [0.3, 0.4) is 0 Å². The van der Waals surface area contributed by atoms with Crippen molar-refractivity contribution < 1.29 is 0 Å². The summed E-state index contributed by atoms with van der Waals surface area (Å²) in [5, 5.41) is 8.20. The molecule has 3 heteroatoms. The zero-order chi connectivity index (χ0) is 9.26. The minimum Gasteiger partial charge on any atom is -0.317 e. The van der Waals surface area contributed by atoms with Crippen LogP contribution in [0, 0.1) is 5.92 Å². The maximum atomic E-state index is 4.20. The molecule has 0 aromatic carbocycles. The lowest BCUT2D eigenvalue weighted by atomic mass is 9.85. The van der Waals surface area contributed by atoms with Crippen LogP contribution in [0.5, 0.6) is 0 Å². The van der Waals surface area contributed by atoms with Gasteiger partial charge in [-0.3, -0.25) is 0 Å². The van der Waals surface area contributed by atoms with Crippen LogP contribution < -0.4 is 0 Å². The Morgan fingerprint density at radius 3 is 2.85 bits per heavy atom. The van der Waals surface area contributed by atoms with E-state index in [1.54, 1.807) is 0 Å². The van der Waals surface area contributed by atoms with Crippen molar-refractivity contribution in [2.24, 2.45) is 5.92 Å². The maximum absolute atomic E-state index is 4.20. The van der Waals surface area contributed by atoms with Gasteiger partial charge >= 0.3 is 0 Å². The summed E-state index contributed by atoms with van der Waals surface area (Å²) in [5.41, 5.74) is 0. The summed E-state index contributed by atoms with van der Waals surface area (Å²) in [5.74, 6) is 2.58. The maximum Gasteiger partial charge on any atom is 0.135 e. The van der Waals surface area contributed by atoms with Crippen molar-refractivity contribution in [1.82, 2.24) is 14.8 Å². The lowest BCUT2D eigenvalue weighted by Gasteiger charge is -2.25. The molecular formula is C10H17N3. The summed E-state index contributed by atoms with van der Waals surface area (Å²) in [6, 6.07) is 0. The number of aromatic nitrogens is 3. The molecule has 1 fully saturated rings. The van der Waals surface area contributed by atoms with Crippen LogP contribution in [0.25, 0.3) is 0 Å². The molecule has 1 aromatic rings. The summed E-state index contributed by atoms with van der Waals surface area (Å²) in [7, 11) is 0. The first kappa shape index (κ1) is 8.73. The molecule has 1 saturated carbocycles. The van der Waals surface area contributed by atoms with Crippen molar-refractivity contribution in [1.29, 1.82) is 0 Å². The largest absolute Gasteiger partial charge is 0.317 e. The quantitative estimate of drug-likeness (QED) is 0.712. The second-order valence-electron chi connectivity index (χ2n) is 4.36. The van der Waals surface area contributed by atoms with E-state index in [9.17, 15) is 0 Å².